The van der Waals surface area contributed by atoms with Gasteiger partial charge in [0.2, 0.25) is 0 Å². The molecule has 4 nitrogen and oxygen atoms in total. The van der Waals surface area contributed by atoms with Gasteiger partial charge in [-0.3, -0.25) is 4.68 Å². The molecule has 0 unspecified atom stereocenters. The zero-order valence-corrected chi connectivity index (χ0v) is 10.3. The molecule has 0 atom stereocenters. The van der Waals surface area contributed by atoms with Gasteiger partial charge < -0.3 is 5.32 Å². The summed E-state index contributed by atoms with van der Waals surface area (Å²) in [4.78, 5) is 4.20. The summed E-state index contributed by atoms with van der Waals surface area (Å²) in [6, 6.07) is 8.42. The number of hydrogen-bond donors (Lipinski definition) is 1. The summed E-state index contributed by atoms with van der Waals surface area (Å²) in [5.74, 6) is 0.941. The van der Waals surface area contributed by atoms with Crippen molar-refractivity contribution in [1.82, 2.24) is 14.8 Å². The van der Waals surface area contributed by atoms with Crippen LogP contribution in [0, 0.1) is 0 Å². The molecule has 4 heteroatoms. The van der Waals surface area contributed by atoms with Crippen LogP contribution in [0.4, 0.5) is 5.69 Å². The SMILES string of the molecule is CCCc1ccccc1NCc1ncnn1C. The second kappa shape index (κ2) is 5.48. The molecule has 0 aliphatic heterocycles. The van der Waals surface area contributed by atoms with Gasteiger partial charge in [-0.15, -0.1) is 0 Å². The summed E-state index contributed by atoms with van der Waals surface area (Å²) < 4.78 is 1.79. The van der Waals surface area contributed by atoms with Gasteiger partial charge in [0.1, 0.15) is 12.2 Å². The minimum atomic E-state index is 0.706. The van der Waals surface area contributed by atoms with E-state index in [9.17, 15) is 0 Å². The molecule has 0 spiro atoms. The van der Waals surface area contributed by atoms with E-state index in [0.717, 1.165) is 18.7 Å². The van der Waals surface area contributed by atoms with Crippen LogP contribution in [0.5, 0.6) is 0 Å². The quantitative estimate of drug-likeness (QED) is 0.857. The lowest BCUT2D eigenvalue weighted by Crippen LogP contribution is -2.08. The molecule has 1 aromatic carbocycles. The molecule has 0 radical (unpaired) electrons. The second-order valence-electron chi connectivity index (χ2n) is 4.06. The first-order valence-corrected chi connectivity index (χ1v) is 5.96. The molecule has 90 valence electrons. The Hall–Kier alpha value is -1.84. The van der Waals surface area contributed by atoms with Crippen molar-refractivity contribution in [3.63, 3.8) is 0 Å². The normalized spacial score (nSPS) is 10.5. The van der Waals surface area contributed by atoms with Crippen molar-refractivity contribution in [3.05, 3.63) is 42.0 Å². The first kappa shape index (κ1) is 11.6. The Morgan fingerprint density at radius 3 is 2.82 bits per heavy atom. The summed E-state index contributed by atoms with van der Waals surface area (Å²) in [7, 11) is 1.90. The summed E-state index contributed by atoms with van der Waals surface area (Å²) >= 11 is 0. The maximum Gasteiger partial charge on any atom is 0.145 e. The highest BCUT2D eigenvalue weighted by Crippen LogP contribution is 2.17. The Kier molecular flexibility index (Phi) is 3.75. The summed E-state index contributed by atoms with van der Waals surface area (Å²) in [5.41, 5.74) is 2.55. The summed E-state index contributed by atoms with van der Waals surface area (Å²) in [5, 5.41) is 7.47. The van der Waals surface area contributed by atoms with E-state index in [4.69, 9.17) is 0 Å². The highest BCUT2D eigenvalue weighted by atomic mass is 15.3. The van der Waals surface area contributed by atoms with Gasteiger partial charge in [-0.2, -0.15) is 5.10 Å². The van der Waals surface area contributed by atoms with Crippen LogP contribution in [-0.4, -0.2) is 14.8 Å². The molecule has 1 heterocycles. The van der Waals surface area contributed by atoms with Crippen molar-refractivity contribution in [2.75, 3.05) is 5.32 Å². The zero-order chi connectivity index (χ0) is 12.1. The van der Waals surface area contributed by atoms with E-state index in [1.807, 2.05) is 7.05 Å². The maximum absolute atomic E-state index is 4.20. The lowest BCUT2D eigenvalue weighted by Gasteiger charge is -2.10. The fourth-order valence-electron chi connectivity index (χ4n) is 1.83. The standard InChI is InChI=1S/C13H18N4/c1-3-6-11-7-4-5-8-12(11)14-9-13-15-10-16-17(13)2/h4-5,7-8,10,14H,3,6,9H2,1-2H3. The van der Waals surface area contributed by atoms with Crippen LogP contribution in [-0.2, 0) is 20.0 Å². The maximum atomic E-state index is 4.20. The van der Waals surface area contributed by atoms with Gasteiger partial charge in [-0.25, -0.2) is 4.98 Å². The molecule has 0 bridgehead atoms. The summed E-state index contributed by atoms with van der Waals surface area (Å²) in [6.07, 6.45) is 3.83. The fourth-order valence-corrected chi connectivity index (χ4v) is 1.83. The van der Waals surface area contributed by atoms with Gasteiger partial charge in [-0.1, -0.05) is 31.5 Å². The predicted molar refractivity (Wildman–Crippen MR) is 68.8 cm³/mol. The molecule has 0 amide bonds. The largest absolute Gasteiger partial charge is 0.378 e. The zero-order valence-electron chi connectivity index (χ0n) is 10.3. The Labute approximate surface area is 102 Å². The number of rotatable bonds is 5. The monoisotopic (exact) mass is 230 g/mol. The van der Waals surface area contributed by atoms with Crippen molar-refractivity contribution in [2.24, 2.45) is 7.05 Å². The van der Waals surface area contributed by atoms with Crippen LogP contribution in [0.1, 0.15) is 24.7 Å². The fraction of sp³-hybridized carbons (Fsp3) is 0.385. The molecule has 1 N–H and O–H groups in total. The van der Waals surface area contributed by atoms with E-state index in [1.165, 1.54) is 11.3 Å². The van der Waals surface area contributed by atoms with E-state index in [-0.39, 0.29) is 0 Å². The summed E-state index contributed by atoms with van der Waals surface area (Å²) in [6.45, 7) is 2.90. The number of nitrogens with zero attached hydrogens (tertiary/aromatic N) is 3. The van der Waals surface area contributed by atoms with Crippen LogP contribution in [0.2, 0.25) is 0 Å². The Bertz CT molecular complexity index is 476. The van der Waals surface area contributed by atoms with Gasteiger partial charge in [0.05, 0.1) is 6.54 Å². The number of benzene rings is 1. The lowest BCUT2D eigenvalue weighted by atomic mass is 10.1. The number of para-hydroxylation sites is 1. The molecule has 0 aliphatic carbocycles. The smallest absolute Gasteiger partial charge is 0.145 e. The lowest BCUT2D eigenvalue weighted by molar-refractivity contribution is 0.711. The van der Waals surface area contributed by atoms with E-state index in [0.29, 0.717) is 6.54 Å². The van der Waals surface area contributed by atoms with Gasteiger partial charge in [0, 0.05) is 12.7 Å². The molecule has 0 aliphatic rings. The van der Waals surface area contributed by atoms with Crippen molar-refractivity contribution in [2.45, 2.75) is 26.3 Å². The van der Waals surface area contributed by atoms with Crippen molar-refractivity contribution in [1.29, 1.82) is 0 Å². The third-order valence-corrected chi connectivity index (χ3v) is 2.78. The van der Waals surface area contributed by atoms with Gasteiger partial charge in [0.15, 0.2) is 0 Å². The van der Waals surface area contributed by atoms with E-state index < -0.39 is 0 Å². The Morgan fingerprint density at radius 2 is 2.12 bits per heavy atom. The molecular formula is C13H18N4. The third-order valence-electron chi connectivity index (χ3n) is 2.78. The van der Waals surface area contributed by atoms with Crippen molar-refractivity contribution < 1.29 is 0 Å². The molecular weight excluding hydrogens is 212 g/mol. The number of hydrogen-bond acceptors (Lipinski definition) is 3. The van der Waals surface area contributed by atoms with Crippen LogP contribution >= 0.6 is 0 Å². The molecule has 17 heavy (non-hydrogen) atoms. The van der Waals surface area contributed by atoms with Crippen LogP contribution < -0.4 is 5.32 Å². The minimum Gasteiger partial charge on any atom is -0.378 e. The highest BCUT2D eigenvalue weighted by molar-refractivity contribution is 5.51. The van der Waals surface area contributed by atoms with Gasteiger partial charge >= 0.3 is 0 Å². The number of aryl methyl sites for hydroxylation is 2. The predicted octanol–water partition coefficient (Wildman–Crippen LogP) is 2.38. The Balaban J connectivity index is 2.06. The topological polar surface area (TPSA) is 42.7 Å². The number of aromatic nitrogens is 3. The molecule has 0 saturated heterocycles. The molecule has 1 aromatic heterocycles. The van der Waals surface area contributed by atoms with Crippen LogP contribution in [0.3, 0.4) is 0 Å². The second-order valence-corrected chi connectivity index (χ2v) is 4.06. The van der Waals surface area contributed by atoms with Gasteiger partial charge in [0.25, 0.3) is 0 Å². The number of anilines is 1. The van der Waals surface area contributed by atoms with E-state index >= 15 is 0 Å². The van der Waals surface area contributed by atoms with Crippen LogP contribution in [0.15, 0.2) is 30.6 Å². The first-order valence-electron chi connectivity index (χ1n) is 5.96. The van der Waals surface area contributed by atoms with E-state index in [2.05, 4.69) is 46.6 Å². The van der Waals surface area contributed by atoms with Gasteiger partial charge in [-0.05, 0) is 18.1 Å². The van der Waals surface area contributed by atoms with Crippen molar-refractivity contribution in [3.8, 4) is 0 Å². The van der Waals surface area contributed by atoms with E-state index in [1.54, 1.807) is 11.0 Å². The Morgan fingerprint density at radius 1 is 1.29 bits per heavy atom. The average molecular weight is 230 g/mol. The molecule has 0 saturated carbocycles. The number of nitrogens with one attached hydrogen (secondary N) is 1. The molecule has 2 rings (SSSR count). The minimum absolute atomic E-state index is 0.706. The average Bonchev–Trinajstić information content (AvgIpc) is 2.74. The molecule has 2 aromatic rings. The third kappa shape index (κ3) is 2.84. The first-order chi connectivity index (χ1) is 8.31. The molecule has 0 fully saturated rings. The highest BCUT2D eigenvalue weighted by Gasteiger charge is 2.03. The van der Waals surface area contributed by atoms with Crippen molar-refractivity contribution >= 4 is 5.69 Å². The van der Waals surface area contributed by atoms with Crippen LogP contribution in [0.25, 0.3) is 0 Å².